The third-order valence-electron chi connectivity index (χ3n) is 7.10. The number of likely N-dealkylation sites (N-methyl/N-ethyl adjacent to an activating group) is 1. The van der Waals surface area contributed by atoms with Gasteiger partial charge in [0.1, 0.15) is 11.7 Å². The number of hydrogen-bond donors (Lipinski definition) is 0. The minimum Gasteiger partial charge on any atom is -0.493 e. The molecule has 0 amide bonds. The zero-order valence-corrected chi connectivity index (χ0v) is 17.9. The first-order valence-electron chi connectivity index (χ1n) is 9.46. The maximum atomic E-state index is 12.1. The van der Waals surface area contributed by atoms with Crippen molar-refractivity contribution in [2.75, 3.05) is 27.0 Å². The van der Waals surface area contributed by atoms with E-state index < -0.39 is 32.6 Å². The number of nitrogens with zero attached hydrogens (tertiary/aromatic N) is 1. The van der Waals surface area contributed by atoms with Gasteiger partial charge in [-0.05, 0) is 50.6 Å². The van der Waals surface area contributed by atoms with Crippen molar-refractivity contribution in [1.82, 2.24) is 4.90 Å². The second kappa shape index (κ2) is 5.65. The molecule has 6 nitrogen and oxygen atoms in total. The zero-order valence-electron chi connectivity index (χ0n) is 16.4. The lowest BCUT2D eigenvalue weighted by atomic mass is 9.51. The lowest BCUT2D eigenvalue weighted by Gasteiger charge is -2.59. The number of piperidine rings is 1. The van der Waals surface area contributed by atoms with Gasteiger partial charge in [0, 0.05) is 11.6 Å². The molecule has 0 unspecified atom stereocenters. The predicted molar refractivity (Wildman–Crippen MR) is 106 cm³/mol. The van der Waals surface area contributed by atoms with Gasteiger partial charge in [0.05, 0.1) is 24.2 Å². The van der Waals surface area contributed by atoms with E-state index in [9.17, 15) is 8.42 Å². The number of hydrogen-bond acceptors (Lipinski definition) is 6. The summed E-state index contributed by atoms with van der Waals surface area (Å²) >= 11 is 6.72. The van der Waals surface area contributed by atoms with E-state index in [1.807, 2.05) is 19.1 Å². The van der Waals surface area contributed by atoms with E-state index >= 15 is 0 Å². The van der Waals surface area contributed by atoms with E-state index in [0.717, 1.165) is 31.2 Å². The molecule has 0 radical (unpaired) electrons. The van der Waals surface area contributed by atoms with Crippen LogP contribution in [0.5, 0.6) is 11.5 Å². The van der Waals surface area contributed by atoms with Gasteiger partial charge in [0.2, 0.25) is 0 Å². The topological polar surface area (TPSA) is 65.1 Å². The molecule has 2 bridgehead atoms. The van der Waals surface area contributed by atoms with Crippen LogP contribution in [0.25, 0.3) is 0 Å². The lowest BCUT2D eigenvalue weighted by Crippen LogP contribution is -2.69. The highest BCUT2D eigenvalue weighted by molar-refractivity contribution is 7.86. The summed E-state index contributed by atoms with van der Waals surface area (Å²) in [6.07, 6.45) is 3.92. The van der Waals surface area contributed by atoms with Crippen LogP contribution >= 0.6 is 11.6 Å². The molecule has 1 spiro atoms. The number of ether oxygens (including phenoxy) is 2. The summed E-state index contributed by atoms with van der Waals surface area (Å²) in [5.74, 6) is 1.36. The van der Waals surface area contributed by atoms with Gasteiger partial charge in [-0.25, -0.2) is 0 Å². The second-order valence-corrected chi connectivity index (χ2v) is 10.6. The number of methoxy groups -OCH3 is 1. The van der Waals surface area contributed by atoms with Crippen LogP contribution in [0.2, 0.25) is 0 Å². The third-order valence-corrected chi connectivity index (χ3v) is 8.01. The Bertz CT molecular complexity index is 1010. The van der Waals surface area contributed by atoms with Crippen LogP contribution in [-0.2, 0) is 26.1 Å². The van der Waals surface area contributed by atoms with Crippen molar-refractivity contribution in [3.63, 3.8) is 0 Å². The largest absolute Gasteiger partial charge is 0.493 e. The Morgan fingerprint density at radius 1 is 1.36 bits per heavy atom. The maximum absolute atomic E-state index is 12.1. The van der Waals surface area contributed by atoms with Crippen LogP contribution in [0.15, 0.2) is 23.8 Å². The molecule has 1 fully saturated rings. The number of rotatable bonds is 3. The fourth-order valence-corrected chi connectivity index (χ4v) is 7.11. The van der Waals surface area contributed by atoms with E-state index in [4.69, 9.17) is 25.3 Å². The molecule has 2 heterocycles. The smallest absolute Gasteiger partial charge is 0.264 e. The Kier molecular flexibility index (Phi) is 3.78. The van der Waals surface area contributed by atoms with Crippen molar-refractivity contribution in [3.05, 3.63) is 34.9 Å². The Labute approximate surface area is 170 Å². The summed E-state index contributed by atoms with van der Waals surface area (Å²) in [5, 5.41) is -0.612. The highest BCUT2D eigenvalue weighted by atomic mass is 35.5. The summed E-state index contributed by atoms with van der Waals surface area (Å²) in [4.78, 5) is 2.35. The van der Waals surface area contributed by atoms with Gasteiger partial charge >= 0.3 is 0 Å². The van der Waals surface area contributed by atoms with Crippen LogP contribution in [0, 0.1) is 0 Å². The molecule has 5 rings (SSSR count). The molecule has 0 aromatic heterocycles. The second-order valence-electron chi connectivity index (χ2n) is 8.48. The molecule has 152 valence electrons. The van der Waals surface area contributed by atoms with Gasteiger partial charge in [-0.3, -0.25) is 9.08 Å². The predicted octanol–water partition coefficient (Wildman–Crippen LogP) is 2.24. The minimum absolute atomic E-state index is 0.212. The van der Waals surface area contributed by atoms with Crippen LogP contribution in [0.4, 0.5) is 0 Å². The van der Waals surface area contributed by atoms with Crippen LogP contribution in [-0.4, -0.2) is 63.4 Å². The first-order valence-corrected chi connectivity index (χ1v) is 11.7. The molecule has 0 saturated carbocycles. The Balaban J connectivity index is 1.83. The summed E-state index contributed by atoms with van der Waals surface area (Å²) in [5.41, 5.74) is 2.15. The Hall–Kier alpha value is -1.28. The summed E-state index contributed by atoms with van der Waals surface area (Å²) in [6, 6.07) is 4.25. The number of likely N-dealkylation sites (tertiary alicyclic amines) is 1. The van der Waals surface area contributed by atoms with E-state index in [-0.39, 0.29) is 6.04 Å². The third kappa shape index (κ3) is 2.13. The fraction of sp³-hybridized carbons (Fsp3) is 0.600. The highest BCUT2D eigenvalue weighted by Crippen LogP contribution is 2.67. The van der Waals surface area contributed by atoms with Crippen LogP contribution in [0.3, 0.4) is 0 Å². The van der Waals surface area contributed by atoms with Gasteiger partial charge in [-0.15, -0.1) is 11.6 Å². The fourth-order valence-electron chi connectivity index (χ4n) is 5.95. The van der Waals surface area contributed by atoms with Gasteiger partial charge < -0.3 is 9.47 Å². The van der Waals surface area contributed by atoms with Crippen LogP contribution in [0.1, 0.15) is 24.5 Å². The standard InChI is InChI=1S/C20H24ClNO5S/c1-19-18(27-28(4,23)24)13(21)10-12-14-9-11-5-6-15(25-3)17(26-19)16(11)20(12,19)7-8-22(14)2/h5-6,10,13-14,18H,7-9H2,1-4H3/t13-,14+,18-,19+,20-/m0/s1. The Morgan fingerprint density at radius 3 is 2.79 bits per heavy atom. The van der Waals surface area contributed by atoms with Crippen molar-refractivity contribution < 1.29 is 22.1 Å². The molecule has 5 atom stereocenters. The molecule has 28 heavy (non-hydrogen) atoms. The summed E-state index contributed by atoms with van der Waals surface area (Å²) in [7, 11) is 0.0260. The Morgan fingerprint density at radius 2 is 2.11 bits per heavy atom. The quantitative estimate of drug-likeness (QED) is 0.420. The first-order chi connectivity index (χ1) is 13.1. The van der Waals surface area contributed by atoms with Crippen molar-refractivity contribution in [1.29, 1.82) is 0 Å². The zero-order chi connectivity index (χ0) is 20.1. The van der Waals surface area contributed by atoms with Gasteiger partial charge in [-0.2, -0.15) is 8.42 Å². The average molecular weight is 426 g/mol. The minimum atomic E-state index is -3.72. The van der Waals surface area contributed by atoms with Crippen LogP contribution < -0.4 is 9.47 Å². The van der Waals surface area contributed by atoms with Gasteiger partial charge in [0.15, 0.2) is 11.5 Å². The highest BCUT2D eigenvalue weighted by Gasteiger charge is 2.71. The van der Waals surface area contributed by atoms with Crippen molar-refractivity contribution >= 4 is 21.7 Å². The lowest BCUT2D eigenvalue weighted by molar-refractivity contribution is -0.0719. The van der Waals surface area contributed by atoms with E-state index in [1.165, 1.54) is 11.1 Å². The number of halogens is 1. The molecule has 0 N–H and O–H groups in total. The summed E-state index contributed by atoms with van der Waals surface area (Å²) < 4.78 is 41.9. The van der Waals surface area contributed by atoms with E-state index in [2.05, 4.69) is 18.0 Å². The van der Waals surface area contributed by atoms with E-state index in [1.54, 1.807) is 7.11 Å². The summed E-state index contributed by atoms with van der Waals surface area (Å²) in [6.45, 7) is 2.83. The number of alkyl halides is 1. The van der Waals surface area contributed by atoms with Gasteiger partial charge in [0.25, 0.3) is 10.1 Å². The van der Waals surface area contributed by atoms with Crippen molar-refractivity contribution in [2.45, 2.75) is 48.3 Å². The molecule has 8 heteroatoms. The molecular formula is C20H24ClNO5S. The average Bonchev–Trinajstić information content (AvgIpc) is 2.88. The molecule has 4 aliphatic rings. The molecule has 2 aliphatic carbocycles. The number of benzene rings is 1. The normalized spacial score (nSPS) is 38.5. The monoisotopic (exact) mass is 425 g/mol. The van der Waals surface area contributed by atoms with E-state index in [0.29, 0.717) is 11.5 Å². The van der Waals surface area contributed by atoms with Crippen molar-refractivity contribution in [3.8, 4) is 11.5 Å². The molecule has 1 aromatic rings. The molecule has 1 aromatic carbocycles. The van der Waals surface area contributed by atoms with Gasteiger partial charge in [-0.1, -0.05) is 12.1 Å². The molecule has 1 saturated heterocycles. The SMILES string of the molecule is COc1ccc2c3c1O[C@]1(C)[C@@H](OS(C)(=O)=O)[C@@H](Cl)C=C4[C@@H](C2)N(C)CC[C@]431. The molecular weight excluding hydrogens is 402 g/mol. The van der Waals surface area contributed by atoms with Crippen molar-refractivity contribution in [2.24, 2.45) is 0 Å². The maximum Gasteiger partial charge on any atom is 0.264 e. The first kappa shape index (κ1) is 18.7. The molecule has 2 aliphatic heterocycles.